The number of nitrogens with two attached hydrogens (primary N) is 1. The first-order valence-corrected chi connectivity index (χ1v) is 7.93. The van der Waals surface area contributed by atoms with E-state index in [-0.39, 0.29) is 6.10 Å². The van der Waals surface area contributed by atoms with Crippen molar-refractivity contribution in [1.29, 1.82) is 0 Å². The first-order valence-electron chi connectivity index (χ1n) is 7.93. The summed E-state index contributed by atoms with van der Waals surface area (Å²) in [6.45, 7) is 7.28. The molecule has 0 aliphatic rings. The van der Waals surface area contributed by atoms with Crippen molar-refractivity contribution in [3.8, 4) is 5.75 Å². The number of ether oxygens (including phenoxy) is 1. The largest absolute Gasteiger partial charge is 0.489 e. The number of unbranched alkanes of at least 4 members (excludes halogenated alkanes) is 5. The fraction of sp³-hybridized carbons (Fsp3) is 0.647. The predicted molar refractivity (Wildman–Crippen MR) is 88.5 cm³/mol. The van der Waals surface area contributed by atoms with Gasteiger partial charge in [0.1, 0.15) is 5.75 Å². The Bertz CT molecular complexity index is 377. The van der Waals surface area contributed by atoms with E-state index in [0.717, 1.165) is 18.0 Å². The number of hydrogen-bond donors (Lipinski definition) is 2. The third-order valence-corrected chi connectivity index (χ3v) is 3.24. The van der Waals surface area contributed by atoms with Crippen LogP contribution >= 0.6 is 0 Å². The molecule has 0 radical (unpaired) electrons. The van der Waals surface area contributed by atoms with Crippen molar-refractivity contribution >= 4 is 11.4 Å². The first kappa shape index (κ1) is 16.7. The molecule has 0 aromatic heterocycles. The Labute approximate surface area is 123 Å². The summed E-state index contributed by atoms with van der Waals surface area (Å²) in [5.74, 6) is 0.771. The minimum atomic E-state index is 0.145. The standard InChI is InChI=1S/C17H30N2O/c1-4-5-6-7-8-9-12-19-15-10-11-16(18)17(13-15)20-14(2)3/h10-11,13-14,19H,4-9,12,18H2,1-3H3. The van der Waals surface area contributed by atoms with Gasteiger partial charge in [0.15, 0.2) is 0 Å². The van der Waals surface area contributed by atoms with Gasteiger partial charge in [-0.1, -0.05) is 39.0 Å². The highest BCUT2D eigenvalue weighted by Gasteiger charge is 2.04. The van der Waals surface area contributed by atoms with Crippen LogP contribution in [0.1, 0.15) is 59.3 Å². The minimum Gasteiger partial charge on any atom is -0.489 e. The van der Waals surface area contributed by atoms with E-state index < -0.39 is 0 Å². The van der Waals surface area contributed by atoms with Gasteiger partial charge in [-0.15, -0.1) is 0 Å². The van der Waals surface area contributed by atoms with Crippen LogP contribution in [-0.2, 0) is 0 Å². The number of hydrogen-bond acceptors (Lipinski definition) is 3. The summed E-state index contributed by atoms with van der Waals surface area (Å²) in [4.78, 5) is 0. The molecule has 0 aliphatic heterocycles. The van der Waals surface area contributed by atoms with Crippen molar-refractivity contribution in [1.82, 2.24) is 0 Å². The molecule has 1 aromatic carbocycles. The number of nitrogen functional groups attached to an aromatic ring is 1. The van der Waals surface area contributed by atoms with Gasteiger partial charge in [0.05, 0.1) is 11.8 Å². The van der Waals surface area contributed by atoms with Crippen LogP contribution in [0.5, 0.6) is 5.75 Å². The molecule has 0 bridgehead atoms. The number of nitrogens with one attached hydrogen (secondary N) is 1. The van der Waals surface area contributed by atoms with E-state index >= 15 is 0 Å². The van der Waals surface area contributed by atoms with E-state index in [1.807, 2.05) is 32.0 Å². The average molecular weight is 278 g/mol. The summed E-state index contributed by atoms with van der Waals surface area (Å²) in [6, 6.07) is 5.91. The Morgan fingerprint density at radius 2 is 1.80 bits per heavy atom. The molecule has 0 atom stereocenters. The number of anilines is 2. The molecule has 3 N–H and O–H groups in total. The normalized spacial score (nSPS) is 10.8. The van der Waals surface area contributed by atoms with Crippen LogP contribution < -0.4 is 15.8 Å². The van der Waals surface area contributed by atoms with Crippen molar-refractivity contribution in [3.63, 3.8) is 0 Å². The van der Waals surface area contributed by atoms with E-state index in [0.29, 0.717) is 5.69 Å². The van der Waals surface area contributed by atoms with E-state index in [4.69, 9.17) is 10.5 Å². The lowest BCUT2D eigenvalue weighted by Gasteiger charge is -2.14. The third-order valence-electron chi connectivity index (χ3n) is 3.24. The fourth-order valence-electron chi connectivity index (χ4n) is 2.14. The Morgan fingerprint density at radius 3 is 2.50 bits per heavy atom. The van der Waals surface area contributed by atoms with Crippen LogP contribution in [0, 0.1) is 0 Å². The quantitative estimate of drug-likeness (QED) is 0.476. The molecule has 3 heteroatoms. The molecule has 0 heterocycles. The van der Waals surface area contributed by atoms with Crippen molar-refractivity contribution in [3.05, 3.63) is 18.2 Å². The van der Waals surface area contributed by atoms with Gasteiger partial charge in [-0.05, 0) is 32.4 Å². The van der Waals surface area contributed by atoms with Gasteiger partial charge in [-0.25, -0.2) is 0 Å². The molecule has 20 heavy (non-hydrogen) atoms. The first-order chi connectivity index (χ1) is 9.63. The molecular formula is C17H30N2O. The van der Waals surface area contributed by atoms with Crippen molar-refractivity contribution in [2.75, 3.05) is 17.6 Å². The van der Waals surface area contributed by atoms with Crippen molar-refractivity contribution < 1.29 is 4.74 Å². The second-order valence-corrected chi connectivity index (χ2v) is 5.61. The molecule has 1 rings (SSSR count). The van der Waals surface area contributed by atoms with Gasteiger partial charge in [0.25, 0.3) is 0 Å². The van der Waals surface area contributed by atoms with Crippen LogP contribution in [-0.4, -0.2) is 12.6 Å². The van der Waals surface area contributed by atoms with Crippen LogP contribution in [0.2, 0.25) is 0 Å². The zero-order chi connectivity index (χ0) is 14.8. The fourth-order valence-corrected chi connectivity index (χ4v) is 2.14. The van der Waals surface area contributed by atoms with Crippen LogP contribution in [0.3, 0.4) is 0 Å². The number of benzene rings is 1. The Balaban J connectivity index is 2.29. The zero-order valence-corrected chi connectivity index (χ0v) is 13.2. The lowest BCUT2D eigenvalue weighted by Crippen LogP contribution is -2.08. The molecule has 0 saturated heterocycles. The maximum atomic E-state index is 5.91. The monoisotopic (exact) mass is 278 g/mol. The maximum Gasteiger partial charge on any atom is 0.144 e. The molecule has 0 aliphatic carbocycles. The zero-order valence-electron chi connectivity index (χ0n) is 13.2. The summed E-state index contributed by atoms with van der Waals surface area (Å²) in [5.41, 5.74) is 7.69. The van der Waals surface area contributed by atoms with Gasteiger partial charge in [-0.2, -0.15) is 0 Å². The second-order valence-electron chi connectivity index (χ2n) is 5.61. The van der Waals surface area contributed by atoms with Gasteiger partial charge >= 0.3 is 0 Å². The summed E-state index contributed by atoms with van der Waals surface area (Å²) in [5, 5.41) is 3.44. The lowest BCUT2D eigenvalue weighted by atomic mass is 10.1. The molecule has 0 saturated carbocycles. The molecule has 0 unspecified atom stereocenters. The van der Waals surface area contributed by atoms with Gasteiger partial charge < -0.3 is 15.8 Å². The lowest BCUT2D eigenvalue weighted by molar-refractivity contribution is 0.244. The minimum absolute atomic E-state index is 0.145. The van der Waals surface area contributed by atoms with Crippen LogP contribution in [0.4, 0.5) is 11.4 Å². The molecule has 114 valence electrons. The molecule has 3 nitrogen and oxygen atoms in total. The highest BCUT2D eigenvalue weighted by atomic mass is 16.5. The Kier molecular flexibility index (Phi) is 7.93. The third kappa shape index (κ3) is 6.69. The van der Waals surface area contributed by atoms with Gasteiger partial charge in [-0.3, -0.25) is 0 Å². The topological polar surface area (TPSA) is 47.3 Å². The summed E-state index contributed by atoms with van der Waals surface area (Å²) in [6.07, 6.45) is 8.05. The van der Waals surface area contributed by atoms with Crippen LogP contribution in [0.15, 0.2) is 18.2 Å². The molecule has 1 aromatic rings. The van der Waals surface area contributed by atoms with E-state index in [1.165, 1.54) is 38.5 Å². The van der Waals surface area contributed by atoms with E-state index in [2.05, 4.69) is 12.2 Å². The summed E-state index contributed by atoms with van der Waals surface area (Å²) < 4.78 is 5.69. The molecule has 0 fully saturated rings. The molecule has 0 spiro atoms. The van der Waals surface area contributed by atoms with Crippen LogP contribution in [0.25, 0.3) is 0 Å². The van der Waals surface area contributed by atoms with Gasteiger partial charge in [0.2, 0.25) is 0 Å². The second kappa shape index (κ2) is 9.51. The van der Waals surface area contributed by atoms with Gasteiger partial charge in [0, 0.05) is 18.3 Å². The van der Waals surface area contributed by atoms with Crippen molar-refractivity contribution in [2.45, 2.75) is 65.4 Å². The maximum absolute atomic E-state index is 5.91. The highest BCUT2D eigenvalue weighted by molar-refractivity contribution is 5.61. The molecular weight excluding hydrogens is 248 g/mol. The summed E-state index contributed by atoms with van der Waals surface area (Å²) in [7, 11) is 0. The Hall–Kier alpha value is -1.38. The Morgan fingerprint density at radius 1 is 1.10 bits per heavy atom. The average Bonchev–Trinajstić information content (AvgIpc) is 2.40. The highest BCUT2D eigenvalue weighted by Crippen LogP contribution is 2.26. The van der Waals surface area contributed by atoms with E-state index in [9.17, 15) is 0 Å². The predicted octanol–water partition coefficient (Wildman–Crippen LogP) is 4.83. The SMILES string of the molecule is CCCCCCCCNc1ccc(N)c(OC(C)C)c1. The smallest absolute Gasteiger partial charge is 0.144 e. The van der Waals surface area contributed by atoms with Crippen molar-refractivity contribution in [2.24, 2.45) is 0 Å². The summed E-state index contributed by atoms with van der Waals surface area (Å²) >= 11 is 0. The number of rotatable bonds is 10. The van der Waals surface area contributed by atoms with E-state index in [1.54, 1.807) is 0 Å². The molecule has 0 amide bonds.